The van der Waals surface area contributed by atoms with Crippen molar-refractivity contribution >= 4 is 97.1 Å². The number of halogens is 13. The molecule has 3 heterocycles. The molecule has 11 aliphatic rings. The minimum atomic E-state index is -7.10. The highest BCUT2D eigenvalue weighted by molar-refractivity contribution is 7.99. The third kappa shape index (κ3) is 21.7. The van der Waals surface area contributed by atoms with E-state index in [9.17, 15) is 115 Å². The molecule has 15 nitrogen and oxygen atoms in total. The van der Waals surface area contributed by atoms with E-state index in [4.69, 9.17) is 9.47 Å². The Bertz CT molecular complexity index is 4270. The lowest BCUT2D eigenvalue weighted by Gasteiger charge is -2.54. The summed E-state index contributed by atoms with van der Waals surface area (Å²) in [7, 11) is -18.4. The van der Waals surface area contributed by atoms with E-state index in [1.165, 1.54) is 166 Å². The number of alkyl halides is 13. The Morgan fingerprint density at radius 1 is 0.518 bits per heavy atom. The van der Waals surface area contributed by atoms with Crippen LogP contribution in [0.1, 0.15) is 238 Å². The summed E-state index contributed by atoms with van der Waals surface area (Å²) in [4.78, 5) is 50.2. The van der Waals surface area contributed by atoms with Crippen molar-refractivity contribution in [2.45, 2.75) is 255 Å². The van der Waals surface area contributed by atoms with E-state index in [2.05, 4.69) is 106 Å². The fourth-order valence-corrected chi connectivity index (χ4v) is 26.5. The third-order valence-corrected chi connectivity index (χ3v) is 34.7. The van der Waals surface area contributed by atoms with E-state index < -0.39 is 87.5 Å². The number of ketones is 3. The summed E-state index contributed by atoms with van der Waals surface area (Å²) in [6.45, 7) is 7.36. The summed E-state index contributed by atoms with van der Waals surface area (Å²) >= 11 is 0. The minimum Gasteiger partial charge on any atom is -0.743 e. The molecule has 5 atom stereocenters. The second-order valence-corrected chi connectivity index (χ2v) is 43.9. The van der Waals surface area contributed by atoms with Gasteiger partial charge in [-0.25, -0.2) is 30.0 Å². The highest BCUT2D eigenvalue weighted by Gasteiger charge is 2.76. The fraction of sp³-hybridized carbons (Fsp3) is 0.675. The molecule has 0 aromatic heterocycles. The molecule has 3 aliphatic heterocycles. The highest BCUT2D eigenvalue weighted by atomic mass is 32.2. The summed E-state index contributed by atoms with van der Waals surface area (Å²) in [5, 5.41) is -14.6. The number of carbonyl (C=O) groups is 4. The smallest absolute Gasteiger partial charge is 0.461 e. The number of Topliss-reactive ketones (excluding diaryl/α,β-unsaturated/α-hetero) is 3. The Balaban J connectivity index is 0.000000158. The predicted molar refractivity (Wildman–Crippen MR) is 410 cm³/mol. The monoisotopic (exact) mass is 1740 g/mol. The first-order chi connectivity index (χ1) is 53.2. The van der Waals surface area contributed by atoms with Crippen LogP contribution in [-0.2, 0) is 77.4 Å². The Morgan fingerprint density at radius 2 is 1.01 bits per heavy atom. The molecule has 4 aromatic rings. The Morgan fingerprint density at radius 3 is 1.46 bits per heavy atom. The molecule has 5 unspecified atom stereocenters. The molecule has 114 heavy (non-hydrogen) atoms. The average molecular weight is 1740 g/mol. The van der Waals surface area contributed by atoms with Gasteiger partial charge in [-0.1, -0.05) is 125 Å². The van der Waals surface area contributed by atoms with Crippen LogP contribution in [0, 0.1) is 35.5 Å². The van der Waals surface area contributed by atoms with Gasteiger partial charge in [0.05, 0.1) is 6.61 Å². The largest absolute Gasteiger partial charge is 0.743 e. The topological polar surface area (TPSA) is 258 Å². The van der Waals surface area contributed by atoms with Crippen molar-refractivity contribution in [1.29, 1.82) is 0 Å². The first-order valence-corrected chi connectivity index (χ1v) is 48.3. The second-order valence-electron chi connectivity index (χ2n) is 32.3. The van der Waals surface area contributed by atoms with Gasteiger partial charge in [0, 0.05) is 61.4 Å². The lowest BCUT2D eigenvalue weighted by molar-refractivity contribution is -0.333. The first kappa shape index (κ1) is 93.2. The highest BCUT2D eigenvalue weighted by Crippen LogP contribution is 2.59. The number of carbonyl (C=O) groups excluding carboxylic acids is 4. The standard InChI is InChI=1S/C20H29OS.C18H23OS.C18H25OS.C12H14F2O6S.C9H12F4O3S.C3HF7O3S/c1-20(2,22-14-6-7-15-22)19(21)18-12-10-17(11-13-18)16-8-4-3-5-9-16;1-2-3-12-19-17-10-11-18(20-13-6-7-14-20)16-9-5-4-8-15(16)17;19-18(14-20-12-4-5-13-20)17-10-8-16(9-11-17)15-6-2-1-3-7-15;13-12(14,21(17,18)19)10(16)20-11-3-6-1-7(4-11)9(15)8(2-6)5-11;10-8(11,9(12,13)17(14,15)16)7-4-5-1-2-6(7)3-5;4-1(5,2(6,7)8)3(9,10)14(11,12)13/h10-13,16H,3-9,14-15H2,1-2H3;4-5,8-11H,2-3,6-7,12-14H2,1H3;8-11,15H,1-7,12-14H2;6-8H,1-5H2,(H,17,18,19);5-7H,1-4H2,(H,14,15,16);(H,11,12,13)/q3*+1;;;/p-3. The molecule has 0 radical (unpaired) electrons. The number of ether oxygens (including phenoxy) is 2. The zero-order valence-corrected chi connectivity index (χ0v) is 68.8. The van der Waals surface area contributed by atoms with Crippen molar-refractivity contribution in [1.82, 2.24) is 0 Å². The maximum absolute atomic E-state index is 13.5. The molecular formula is C80H101F13O15S6. The number of unbranched alkanes of at least 4 members (excludes halogenated alkanes) is 1. The van der Waals surface area contributed by atoms with Gasteiger partial charge in [-0.3, -0.25) is 14.4 Å². The third-order valence-electron chi connectivity index (χ3n) is 24.0. The molecule has 8 aliphatic carbocycles. The van der Waals surface area contributed by atoms with Gasteiger partial charge < -0.3 is 23.1 Å². The molecule has 3 saturated heterocycles. The van der Waals surface area contributed by atoms with E-state index in [1.54, 1.807) is 4.90 Å². The molecule has 0 spiro atoms. The van der Waals surface area contributed by atoms with Crippen molar-refractivity contribution in [2.24, 2.45) is 35.5 Å². The van der Waals surface area contributed by atoms with Crippen LogP contribution in [0.25, 0.3) is 10.8 Å². The quantitative estimate of drug-likeness (QED) is 0.0188. The van der Waals surface area contributed by atoms with Crippen molar-refractivity contribution in [2.75, 3.05) is 46.9 Å². The minimum absolute atomic E-state index is 0.0407. The number of esters is 1. The Labute approximate surface area is 668 Å². The number of hydrogen-bond donors (Lipinski definition) is 0. The van der Waals surface area contributed by atoms with Crippen LogP contribution < -0.4 is 4.74 Å². The predicted octanol–water partition coefficient (Wildman–Crippen LogP) is 18.6. The van der Waals surface area contributed by atoms with Crippen LogP contribution in [0.4, 0.5) is 57.1 Å². The zero-order valence-electron chi connectivity index (χ0n) is 63.9. The molecule has 0 amide bonds. The molecule has 8 saturated carbocycles. The van der Waals surface area contributed by atoms with Gasteiger partial charge in [0.15, 0.2) is 45.7 Å². The van der Waals surface area contributed by atoms with Gasteiger partial charge in [-0.05, 0) is 206 Å². The van der Waals surface area contributed by atoms with E-state index in [1.807, 2.05) is 0 Å². The molecule has 638 valence electrons. The van der Waals surface area contributed by atoms with Gasteiger partial charge in [-0.2, -0.15) is 57.1 Å². The van der Waals surface area contributed by atoms with Crippen LogP contribution in [-0.4, -0.2) is 153 Å². The van der Waals surface area contributed by atoms with E-state index in [-0.39, 0.29) is 64.4 Å². The second kappa shape index (κ2) is 37.9. The molecule has 0 N–H and O–H groups in total. The van der Waals surface area contributed by atoms with Crippen LogP contribution in [0.5, 0.6) is 5.75 Å². The van der Waals surface area contributed by atoms with Crippen LogP contribution >= 0.6 is 0 Å². The van der Waals surface area contributed by atoms with Crippen molar-refractivity contribution in [3.63, 3.8) is 0 Å². The van der Waals surface area contributed by atoms with Crippen molar-refractivity contribution in [3.8, 4) is 5.75 Å². The molecule has 6 bridgehead atoms. The summed E-state index contributed by atoms with van der Waals surface area (Å²) in [6, 6.07) is 30.4. The van der Waals surface area contributed by atoms with Crippen molar-refractivity contribution in [3.05, 3.63) is 107 Å². The lowest BCUT2D eigenvalue weighted by atomic mass is 9.53. The summed E-state index contributed by atoms with van der Waals surface area (Å²) in [6.07, 6.45) is 20.5. The van der Waals surface area contributed by atoms with Crippen LogP contribution in [0.3, 0.4) is 0 Å². The number of fused-ring (bicyclic) bond motifs is 3. The van der Waals surface area contributed by atoms with Gasteiger partial charge in [0.1, 0.15) is 51.7 Å². The van der Waals surface area contributed by atoms with Crippen LogP contribution in [0.2, 0.25) is 0 Å². The molecule has 34 heteroatoms. The lowest BCUT2D eigenvalue weighted by Crippen LogP contribution is -2.58. The Kier molecular flexibility index (Phi) is 31.0. The van der Waals surface area contributed by atoms with Gasteiger partial charge >= 0.3 is 39.8 Å². The summed E-state index contributed by atoms with van der Waals surface area (Å²) in [5.41, 5.74) is 3.52. The zero-order chi connectivity index (χ0) is 83.8. The SMILES string of the molecule is CC(C)(C(=O)c1ccc(C2CCCCC2)cc1)[S+]1CCCC1.CCCCOc1ccc([S+]2CCCC2)c2ccccc12.O=C(C[S+]1CCCC1)c1ccc(C2CCCCC2)cc1.O=C1C2CC3CC1CC(OC(=O)C(F)(F)S(=O)(=O)[O-])(C3)C2.O=S(=O)([O-])C(F)(F)C(F)(F)C(F)(F)F.O=S(=O)([O-])C(F)(F)C(F)(F)C1CC2CCC1C2. The van der Waals surface area contributed by atoms with Gasteiger partial charge in [0.25, 0.3) is 0 Å². The van der Waals surface area contributed by atoms with E-state index in [0.29, 0.717) is 71.9 Å². The first-order valence-electron chi connectivity index (χ1n) is 39.2. The summed E-state index contributed by atoms with van der Waals surface area (Å²) < 4.78 is 262. The molecule has 11 fully saturated rings. The number of benzene rings is 4. The fourth-order valence-electron chi connectivity index (χ4n) is 17.9. The van der Waals surface area contributed by atoms with Gasteiger partial charge in [0.2, 0.25) is 11.6 Å². The van der Waals surface area contributed by atoms with Gasteiger partial charge in [-0.15, -0.1) is 0 Å². The molecule has 4 aromatic carbocycles. The van der Waals surface area contributed by atoms with E-state index >= 15 is 0 Å². The Hall–Kier alpha value is -4.71. The maximum atomic E-state index is 13.5. The molecule has 15 rings (SSSR count). The normalized spacial score (nSPS) is 24.7. The molecular weight excluding hydrogens is 1640 g/mol. The maximum Gasteiger partial charge on any atom is 0.461 e. The van der Waals surface area contributed by atoms with E-state index in [0.717, 1.165) is 47.5 Å². The average Bonchev–Trinajstić information content (AvgIpc) is 0.841. The van der Waals surface area contributed by atoms with Crippen LogP contribution in [0.15, 0.2) is 89.8 Å². The summed E-state index contributed by atoms with van der Waals surface area (Å²) in [5.74, 6) is -4.94. The number of hydrogen-bond acceptors (Lipinski definition) is 15. The number of rotatable bonds is 21. The van der Waals surface area contributed by atoms with Crippen molar-refractivity contribution < 1.29 is 125 Å².